The zero-order chi connectivity index (χ0) is 14.8. The minimum atomic E-state index is -0.613. The van der Waals surface area contributed by atoms with Gasteiger partial charge in [-0.2, -0.15) is 5.10 Å². The largest absolute Gasteiger partial charge is 0.493 e. The van der Waals surface area contributed by atoms with Gasteiger partial charge in [0.1, 0.15) is 11.8 Å². The average Bonchev–Trinajstić information content (AvgIpc) is 2.90. The van der Waals surface area contributed by atoms with Crippen LogP contribution in [-0.2, 0) is 6.54 Å². The fourth-order valence-corrected chi connectivity index (χ4v) is 3.04. The van der Waals surface area contributed by atoms with E-state index in [2.05, 4.69) is 23.8 Å². The number of aliphatic hydroxyl groups is 1. The average molecular weight is 281 g/mol. The van der Waals surface area contributed by atoms with Gasteiger partial charge in [0.2, 0.25) is 0 Å². The van der Waals surface area contributed by atoms with Gasteiger partial charge in [-0.3, -0.25) is 9.58 Å². The van der Waals surface area contributed by atoms with Crippen LogP contribution in [0.15, 0.2) is 6.20 Å². The van der Waals surface area contributed by atoms with Gasteiger partial charge < -0.3 is 9.84 Å². The number of piperidine rings is 1. The fraction of sp³-hybridized carbons (Fsp3) is 0.800. The van der Waals surface area contributed by atoms with Gasteiger partial charge >= 0.3 is 0 Å². The number of nitrogens with zero attached hydrogens (tertiary/aromatic N) is 3. The molecule has 0 aliphatic carbocycles. The number of hydrogen-bond acceptors (Lipinski definition) is 4. The summed E-state index contributed by atoms with van der Waals surface area (Å²) in [5.41, 5.74) is 0.464. The van der Waals surface area contributed by atoms with Crippen molar-refractivity contribution in [1.82, 2.24) is 14.7 Å². The maximum atomic E-state index is 10.9. The maximum Gasteiger partial charge on any atom is 0.162 e. The molecule has 0 bridgehead atoms. The molecule has 0 radical (unpaired) electrons. The number of hydrogen-bond donors (Lipinski definition) is 1. The van der Waals surface area contributed by atoms with Crippen LogP contribution in [0.2, 0.25) is 0 Å². The third-order valence-electron chi connectivity index (χ3n) is 4.46. The van der Waals surface area contributed by atoms with Crippen molar-refractivity contribution in [1.29, 1.82) is 0 Å². The first-order valence-corrected chi connectivity index (χ1v) is 7.55. The van der Waals surface area contributed by atoms with Crippen molar-refractivity contribution in [3.05, 3.63) is 11.9 Å². The van der Waals surface area contributed by atoms with Crippen molar-refractivity contribution < 1.29 is 9.84 Å². The first-order valence-electron chi connectivity index (χ1n) is 7.55. The van der Waals surface area contributed by atoms with Crippen LogP contribution in [-0.4, -0.2) is 45.5 Å². The highest BCUT2D eigenvalue weighted by atomic mass is 16.5. The lowest BCUT2D eigenvalue weighted by Gasteiger charge is -2.44. The number of ether oxygens (including phenoxy) is 1. The van der Waals surface area contributed by atoms with Crippen molar-refractivity contribution in [3.63, 3.8) is 0 Å². The van der Waals surface area contributed by atoms with Crippen LogP contribution in [0.25, 0.3) is 0 Å². The van der Waals surface area contributed by atoms with Gasteiger partial charge in [-0.05, 0) is 46.7 Å². The molecule has 0 amide bonds. The zero-order valence-electron chi connectivity index (χ0n) is 13.1. The monoisotopic (exact) mass is 281 g/mol. The number of aryl methyl sites for hydroxylation is 1. The van der Waals surface area contributed by atoms with E-state index in [0.717, 1.165) is 25.3 Å². The van der Waals surface area contributed by atoms with Gasteiger partial charge in [0.15, 0.2) is 5.75 Å². The molecule has 1 unspecified atom stereocenters. The van der Waals surface area contributed by atoms with E-state index in [0.29, 0.717) is 5.75 Å². The highest BCUT2D eigenvalue weighted by Crippen LogP contribution is 2.37. The Bertz CT molecular complexity index is 415. The normalized spacial score (nSPS) is 19.1. The van der Waals surface area contributed by atoms with E-state index in [1.165, 1.54) is 19.3 Å². The lowest BCUT2D eigenvalue weighted by Crippen LogP contribution is -2.51. The van der Waals surface area contributed by atoms with Crippen molar-refractivity contribution >= 4 is 0 Å². The van der Waals surface area contributed by atoms with E-state index in [1.807, 2.05) is 11.6 Å². The number of methoxy groups -OCH3 is 1. The summed E-state index contributed by atoms with van der Waals surface area (Å²) in [6, 6.07) is 0. The first kappa shape index (κ1) is 15.3. The molecule has 20 heavy (non-hydrogen) atoms. The molecule has 1 N–H and O–H groups in total. The molecule has 5 heteroatoms. The highest BCUT2D eigenvalue weighted by molar-refractivity contribution is 5.29. The summed E-state index contributed by atoms with van der Waals surface area (Å²) >= 11 is 0. The first-order chi connectivity index (χ1) is 9.52. The summed E-state index contributed by atoms with van der Waals surface area (Å²) in [6.07, 6.45) is 4.78. The molecule has 0 saturated carbocycles. The summed E-state index contributed by atoms with van der Waals surface area (Å²) in [7, 11) is 1.63. The second kappa shape index (κ2) is 6.14. The van der Waals surface area contributed by atoms with Crippen LogP contribution >= 0.6 is 0 Å². The molecule has 0 spiro atoms. The Labute approximate surface area is 121 Å². The van der Waals surface area contributed by atoms with E-state index in [9.17, 15) is 5.11 Å². The summed E-state index contributed by atoms with van der Waals surface area (Å²) in [6.45, 7) is 9.06. The minimum absolute atomic E-state index is 0.319. The van der Waals surface area contributed by atoms with Gasteiger partial charge in [-0.15, -0.1) is 0 Å². The number of aliphatic hydroxyl groups excluding tert-OH is 1. The lowest BCUT2D eigenvalue weighted by molar-refractivity contribution is -0.0261. The Morgan fingerprint density at radius 3 is 2.55 bits per heavy atom. The predicted molar refractivity (Wildman–Crippen MR) is 78.9 cm³/mol. The summed E-state index contributed by atoms with van der Waals surface area (Å²) in [5.74, 6) is 0.671. The Hall–Kier alpha value is -1.07. The van der Waals surface area contributed by atoms with Crippen LogP contribution in [0.1, 0.15) is 51.8 Å². The maximum absolute atomic E-state index is 10.9. The topological polar surface area (TPSA) is 50.5 Å². The summed E-state index contributed by atoms with van der Waals surface area (Å²) in [5, 5.41) is 15.2. The highest BCUT2D eigenvalue weighted by Gasteiger charge is 2.39. The molecular formula is C15H27N3O2. The quantitative estimate of drug-likeness (QED) is 0.899. The molecule has 5 nitrogen and oxygen atoms in total. The fourth-order valence-electron chi connectivity index (χ4n) is 3.04. The summed E-state index contributed by atoms with van der Waals surface area (Å²) < 4.78 is 7.20. The molecule has 1 aliphatic heterocycles. The Kier molecular flexibility index (Phi) is 4.70. The van der Waals surface area contributed by atoms with Crippen LogP contribution in [0.4, 0.5) is 0 Å². The van der Waals surface area contributed by atoms with E-state index < -0.39 is 6.10 Å². The van der Waals surface area contributed by atoms with Crippen LogP contribution < -0.4 is 4.74 Å². The predicted octanol–water partition coefficient (Wildman–Crippen LogP) is 2.21. The third-order valence-corrected chi connectivity index (χ3v) is 4.46. The Morgan fingerprint density at radius 1 is 1.35 bits per heavy atom. The van der Waals surface area contributed by atoms with Crippen molar-refractivity contribution in [2.75, 3.05) is 20.2 Å². The molecule has 0 aromatic carbocycles. The third kappa shape index (κ3) is 2.69. The number of aromatic nitrogens is 2. The van der Waals surface area contributed by atoms with Crippen LogP contribution in [0, 0.1) is 0 Å². The van der Waals surface area contributed by atoms with Gasteiger partial charge in [0.05, 0.1) is 13.3 Å². The Morgan fingerprint density at radius 2 is 2.00 bits per heavy atom. The van der Waals surface area contributed by atoms with Crippen LogP contribution in [0.5, 0.6) is 5.75 Å². The van der Waals surface area contributed by atoms with Gasteiger partial charge in [-0.25, -0.2) is 0 Å². The molecule has 114 valence electrons. The Balaban J connectivity index is 2.28. The molecule has 1 aromatic rings. The molecule has 2 rings (SSSR count). The molecule has 1 aromatic heterocycles. The van der Waals surface area contributed by atoms with Crippen molar-refractivity contribution in [3.8, 4) is 5.75 Å². The SMILES string of the molecule is CCn1ncc(OC)c1C(O)C(C)(C)N1CCCCC1. The van der Waals surface area contributed by atoms with Crippen molar-refractivity contribution in [2.45, 2.75) is 58.2 Å². The molecule has 2 heterocycles. The second-order valence-corrected chi connectivity index (χ2v) is 6.02. The lowest BCUT2D eigenvalue weighted by atomic mass is 9.90. The molecule has 1 fully saturated rings. The molecular weight excluding hydrogens is 254 g/mol. The smallest absolute Gasteiger partial charge is 0.162 e. The van der Waals surface area contributed by atoms with E-state index >= 15 is 0 Å². The zero-order valence-corrected chi connectivity index (χ0v) is 13.1. The minimum Gasteiger partial charge on any atom is -0.493 e. The number of likely N-dealkylation sites (tertiary alicyclic amines) is 1. The standard InChI is InChI=1S/C15H27N3O2/c1-5-18-13(12(20-4)11-16-18)14(19)15(2,3)17-9-7-6-8-10-17/h11,14,19H,5-10H2,1-4H3. The van der Waals surface area contributed by atoms with Crippen LogP contribution in [0.3, 0.4) is 0 Å². The van der Waals surface area contributed by atoms with Gasteiger partial charge in [0.25, 0.3) is 0 Å². The molecule has 1 aliphatic rings. The van der Waals surface area contributed by atoms with E-state index in [-0.39, 0.29) is 5.54 Å². The summed E-state index contributed by atoms with van der Waals surface area (Å²) in [4.78, 5) is 2.38. The second-order valence-electron chi connectivity index (χ2n) is 6.02. The van der Waals surface area contributed by atoms with Gasteiger partial charge in [-0.1, -0.05) is 6.42 Å². The van der Waals surface area contributed by atoms with Crippen molar-refractivity contribution in [2.24, 2.45) is 0 Å². The van der Waals surface area contributed by atoms with E-state index in [4.69, 9.17) is 4.74 Å². The number of rotatable bonds is 5. The molecule has 1 saturated heterocycles. The molecule has 1 atom stereocenters. The van der Waals surface area contributed by atoms with E-state index in [1.54, 1.807) is 13.3 Å². The van der Waals surface area contributed by atoms with Gasteiger partial charge in [0, 0.05) is 12.1 Å².